The Kier molecular flexibility index (Phi) is 5.52. The summed E-state index contributed by atoms with van der Waals surface area (Å²) in [5.74, 6) is 0.846. The molecule has 1 aromatic heterocycles. The first-order chi connectivity index (χ1) is 15.2. The second kappa shape index (κ2) is 8.29. The van der Waals surface area contributed by atoms with Crippen molar-refractivity contribution < 1.29 is 22.8 Å². The van der Waals surface area contributed by atoms with E-state index in [9.17, 15) is 18.4 Å². The lowest BCUT2D eigenvalue weighted by atomic mass is 10.1. The number of carbonyl (C=O) groups excluding carboxylic acids is 1. The maximum Gasteiger partial charge on any atom is 0.343 e. The van der Waals surface area contributed by atoms with Crippen LogP contribution in [0.2, 0.25) is 0 Å². The fourth-order valence-electron chi connectivity index (χ4n) is 3.16. The number of anilines is 1. The van der Waals surface area contributed by atoms with Crippen LogP contribution in [0.1, 0.15) is 0 Å². The van der Waals surface area contributed by atoms with Crippen LogP contribution in [0.15, 0.2) is 88.2 Å². The molecule has 0 atom stereocenters. The van der Waals surface area contributed by atoms with Crippen LogP contribution >= 0.6 is 0 Å². The van der Waals surface area contributed by atoms with Gasteiger partial charge in [0.2, 0.25) is 5.89 Å². The number of nitrogens with zero attached hydrogens (tertiary/aromatic N) is 2. The highest BCUT2D eigenvalue weighted by molar-refractivity contribution is 7.90. The monoisotopic (exact) mass is 449 g/mol. The number of aromatic nitrogens is 1. The Morgan fingerprint density at radius 3 is 2.06 bits per heavy atom. The molecule has 3 aromatic carbocycles. The molecule has 0 saturated heterocycles. The molecule has 1 heterocycles. The minimum atomic E-state index is -3.32. The largest absolute Gasteiger partial charge is 0.435 e. The summed E-state index contributed by atoms with van der Waals surface area (Å²) in [6.07, 6.45) is 1.15. The van der Waals surface area contributed by atoms with Crippen molar-refractivity contribution in [1.82, 2.24) is 4.98 Å². The third-order valence-electron chi connectivity index (χ3n) is 4.79. The van der Waals surface area contributed by atoms with Crippen LogP contribution in [0.5, 0.6) is 0 Å². The van der Waals surface area contributed by atoms with Crippen LogP contribution in [0.4, 0.5) is 10.5 Å². The van der Waals surface area contributed by atoms with Crippen LogP contribution in [0.3, 0.4) is 0 Å². The van der Waals surface area contributed by atoms with Crippen molar-refractivity contribution in [3.05, 3.63) is 78.9 Å². The van der Waals surface area contributed by atoms with E-state index in [4.69, 9.17) is 10.2 Å². The summed E-state index contributed by atoms with van der Waals surface area (Å²) in [6, 6.07) is 21.1. The first kappa shape index (κ1) is 21.3. The van der Waals surface area contributed by atoms with E-state index in [1.54, 1.807) is 24.3 Å². The topological polar surface area (TPSA) is 127 Å². The van der Waals surface area contributed by atoms with E-state index < -0.39 is 15.9 Å². The Bertz CT molecular complexity index is 1360. The fourth-order valence-corrected chi connectivity index (χ4v) is 3.79. The SMILES string of the molecule is CS(=O)(=O)c1ccc(-c2nc(-c3ccc(N(O)C(N)=O)cc3)oc2-c2ccccc2)cc1. The Balaban J connectivity index is 1.79. The van der Waals surface area contributed by atoms with Gasteiger partial charge in [0.25, 0.3) is 0 Å². The number of hydroxylamine groups is 1. The molecule has 0 radical (unpaired) electrons. The molecule has 3 N–H and O–H groups in total. The molecule has 0 spiro atoms. The number of benzene rings is 3. The summed E-state index contributed by atoms with van der Waals surface area (Å²) in [7, 11) is -3.32. The molecule has 0 fully saturated rings. The van der Waals surface area contributed by atoms with E-state index in [0.29, 0.717) is 33.5 Å². The summed E-state index contributed by atoms with van der Waals surface area (Å²) in [4.78, 5) is 16.0. The second-order valence-corrected chi connectivity index (χ2v) is 9.07. The van der Waals surface area contributed by atoms with Gasteiger partial charge >= 0.3 is 6.03 Å². The zero-order chi connectivity index (χ0) is 22.9. The lowest BCUT2D eigenvalue weighted by Gasteiger charge is -2.11. The first-order valence-corrected chi connectivity index (χ1v) is 11.4. The van der Waals surface area contributed by atoms with Crippen LogP contribution < -0.4 is 10.8 Å². The summed E-state index contributed by atoms with van der Waals surface area (Å²) in [5.41, 5.74) is 7.94. The van der Waals surface area contributed by atoms with Crippen molar-refractivity contribution >= 4 is 21.6 Å². The Labute approximate surface area is 184 Å². The van der Waals surface area contributed by atoms with Crippen LogP contribution in [0.25, 0.3) is 34.0 Å². The van der Waals surface area contributed by atoms with Gasteiger partial charge in [0.1, 0.15) is 5.69 Å². The third-order valence-corrected chi connectivity index (χ3v) is 5.92. The van der Waals surface area contributed by atoms with E-state index >= 15 is 0 Å². The third kappa shape index (κ3) is 4.25. The van der Waals surface area contributed by atoms with Gasteiger partial charge in [0.15, 0.2) is 15.6 Å². The van der Waals surface area contributed by atoms with Crippen molar-refractivity contribution in [1.29, 1.82) is 0 Å². The minimum Gasteiger partial charge on any atom is -0.435 e. The molecular formula is C23H19N3O5S. The van der Waals surface area contributed by atoms with Crippen molar-refractivity contribution in [2.45, 2.75) is 4.90 Å². The zero-order valence-corrected chi connectivity index (χ0v) is 17.8. The van der Waals surface area contributed by atoms with E-state index in [2.05, 4.69) is 4.98 Å². The van der Waals surface area contributed by atoms with Crippen LogP contribution in [0, 0.1) is 0 Å². The number of sulfone groups is 1. The molecular weight excluding hydrogens is 430 g/mol. The molecule has 0 bridgehead atoms. The number of urea groups is 1. The van der Waals surface area contributed by atoms with E-state index in [1.165, 1.54) is 24.3 Å². The predicted octanol–water partition coefficient (Wildman–Crippen LogP) is 4.35. The van der Waals surface area contributed by atoms with Crippen molar-refractivity contribution in [3.63, 3.8) is 0 Å². The molecule has 4 rings (SSSR count). The Morgan fingerprint density at radius 2 is 1.50 bits per heavy atom. The average molecular weight is 449 g/mol. The van der Waals surface area contributed by atoms with Crippen molar-refractivity contribution in [2.75, 3.05) is 11.3 Å². The molecule has 0 unspecified atom stereocenters. The molecule has 2 amide bonds. The predicted molar refractivity (Wildman–Crippen MR) is 120 cm³/mol. The number of amides is 2. The van der Waals surface area contributed by atoms with E-state index in [1.807, 2.05) is 30.3 Å². The standard InChI is InChI=1S/C23H19N3O5S/c1-32(29,30)19-13-9-15(10-14-19)20-21(16-5-3-2-4-6-16)31-22(25-20)17-7-11-18(12-8-17)26(28)23(24)27/h2-14,28H,1H3,(H2,24,27). The van der Waals surface area contributed by atoms with E-state index in [-0.39, 0.29) is 10.6 Å². The number of carbonyl (C=O) groups is 1. The van der Waals surface area contributed by atoms with Gasteiger partial charge in [-0.2, -0.15) is 5.06 Å². The number of nitrogens with two attached hydrogens (primary N) is 1. The molecule has 0 aliphatic carbocycles. The molecule has 0 aliphatic rings. The summed E-state index contributed by atoms with van der Waals surface area (Å²) >= 11 is 0. The number of rotatable bonds is 5. The van der Waals surface area contributed by atoms with Gasteiger partial charge < -0.3 is 10.2 Å². The number of hydrogen-bond donors (Lipinski definition) is 2. The molecule has 0 aliphatic heterocycles. The maximum atomic E-state index is 11.8. The second-order valence-electron chi connectivity index (χ2n) is 7.06. The lowest BCUT2D eigenvalue weighted by molar-refractivity contribution is 0.212. The molecule has 32 heavy (non-hydrogen) atoms. The van der Waals surface area contributed by atoms with Crippen LogP contribution in [-0.2, 0) is 9.84 Å². The number of primary amides is 1. The Morgan fingerprint density at radius 1 is 0.906 bits per heavy atom. The van der Waals surface area contributed by atoms with E-state index in [0.717, 1.165) is 11.8 Å². The number of hydrogen-bond acceptors (Lipinski definition) is 6. The molecule has 162 valence electrons. The normalized spacial score (nSPS) is 11.3. The van der Waals surface area contributed by atoms with Gasteiger partial charge in [-0.3, -0.25) is 5.21 Å². The summed E-state index contributed by atoms with van der Waals surface area (Å²) in [6.45, 7) is 0. The average Bonchev–Trinajstić information content (AvgIpc) is 3.24. The molecule has 4 aromatic rings. The van der Waals surface area contributed by atoms with Gasteiger partial charge in [0.05, 0.1) is 10.6 Å². The van der Waals surface area contributed by atoms with Gasteiger partial charge in [-0.1, -0.05) is 42.5 Å². The lowest BCUT2D eigenvalue weighted by Crippen LogP contribution is -2.32. The molecule has 9 heteroatoms. The van der Waals surface area contributed by atoms with Gasteiger partial charge in [0, 0.05) is 22.9 Å². The fraction of sp³-hybridized carbons (Fsp3) is 0.0435. The highest BCUT2D eigenvalue weighted by Crippen LogP contribution is 2.36. The summed E-state index contributed by atoms with van der Waals surface area (Å²) in [5, 5.41) is 10.00. The minimum absolute atomic E-state index is 0.202. The van der Waals surface area contributed by atoms with Gasteiger partial charge in [-0.25, -0.2) is 18.2 Å². The van der Waals surface area contributed by atoms with Gasteiger partial charge in [-0.15, -0.1) is 0 Å². The molecule has 8 nitrogen and oxygen atoms in total. The van der Waals surface area contributed by atoms with Crippen molar-refractivity contribution in [2.24, 2.45) is 5.73 Å². The smallest absolute Gasteiger partial charge is 0.343 e. The Hall–Kier alpha value is -3.95. The highest BCUT2D eigenvalue weighted by atomic mass is 32.2. The zero-order valence-electron chi connectivity index (χ0n) is 17.0. The maximum absolute atomic E-state index is 11.8. The number of oxazole rings is 1. The van der Waals surface area contributed by atoms with Gasteiger partial charge in [-0.05, 0) is 36.4 Å². The first-order valence-electron chi connectivity index (χ1n) is 9.49. The quantitative estimate of drug-likeness (QED) is 0.344. The molecule has 0 saturated carbocycles. The van der Waals surface area contributed by atoms with Crippen LogP contribution in [-0.4, -0.2) is 30.9 Å². The van der Waals surface area contributed by atoms with Crippen molar-refractivity contribution in [3.8, 4) is 34.0 Å². The summed E-state index contributed by atoms with van der Waals surface area (Å²) < 4.78 is 29.7. The highest BCUT2D eigenvalue weighted by Gasteiger charge is 2.19.